The van der Waals surface area contributed by atoms with Crippen LogP contribution in [0.1, 0.15) is 39.6 Å². The maximum atomic E-state index is 12.4. The molecule has 4 heteroatoms. The molecule has 0 radical (unpaired) electrons. The Bertz CT molecular complexity index is 743. The van der Waals surface area contributed by atoms with Gasteiger partial charge in [0.25, 0.3) is 0 Å². The van der Waals surface area contributed by atoms with Crippen LogP contribution in [-0.4, -0.2) is 24.6 Å². The van der Waals surface area contributed by atoms with Crippen molar-refractivity contribution in [1.29, 1.82) is 0 Å². The number of aldehydes is 1. The third-order valence-electron chi connectivity index (χ3n) is 3.40. The normalized spacial score (nSPS) is 11.0. The van der Waals surface area contributed by atoms with E-state index in [1.165, 1.54) is 0 Å². The predicted octanol–water partition coefficient (Wildman–Crippen LogP) is 3.72. The summed E-state index contributed by atoms with van der Waals surface area (Å²) in [7, 11) is 0. The molecule has 0 aliphatic heterocycles. The summed E-state index contributed by atoms with van der Waals surface area (Å²) < 4.78 is 5.04. The van der Waals surface area contributed by atoms with Gasteiger partial charge in [-0.05, 0) is 18.6 Å². The number of hydrogen-bond acceptors (Lipinski definition) is 4. The molecule has 0 heterocycles. The molecule has 2 rings (SSSR count). The topological polar surface area (TPSA) is 60.4 Å². The van der Waals surface area contributed by atoms with Crippen LogP contribution in [0, 0.1) is 0 Å². The lowest BCUT2D eigenvalue weighted by Gasteiger charge is -2.07. The molecule has 0 saturated carbocycles. The number of ketones is 1. The maximum absolute atomic E-state index is 12.4. The zero-order valence-electron chi connectivity index (χ0n) is 13.4. The first-order valence-electron chi connectivity index (χ1n) is 7.65. The summed E-state index contributed by atoms with van der Waals surface area (Å²) in [6.45, 7) is 1.95. The van der Waals surface area contributed by atoms with Gasteiger partial charge in [0.05, 0.1) is 6.61 Å². The molecule has 0 saturated heterocycles. The number of benzene rings is 2. The van der Waals surface area contributed by atoms with Crippen LogP contribution in [0.2, 0.25) is 0 Å². The summed E-state index contributed by atoms with van der Waals surface area (Å²) in [6, 6.07) is 15.5. The summed E-state index contributed by atoms with van der Waals surface area (Å²) >= 11 is 0. The summed E-state index contributed by atoms with van der Waals surface area (Å²) in [6.07, 6.45) is 2.32. The van der Waals surface area contributed by atoms with Crippen molar-refractivity contribution in [2.75, 3.05) is 6.61 Å². The number of esters is 1. The van der Waals surface area contributed by atoms with Gasteiger partial charge < -0.3 is 4.74 Å². The average molecular weight is 322 g/mol. The van der Waals surface area contributed by atoms with E-state index >= 15 is 0 Å². The van der Waals surface area contributed by atoms with Crippen molar-refractivity contribution < 1.29 is 19.1 Å². The highest BCUT2D eigenvalue weighted by Crippen LogP contribution is 2.16. The van der Waals surface area contributed by atoms with Gasteiger partial charge in [-0.3, -0.25) is 9.59 Å². The zero-order chi connectivity index (χ0) is 17.4. The van der Waals surface area contributed by atoms with E-state index in [1.807, 2.05) is 6.07 Å². The van der Waals surface area contributed by atoms with Crippen LogP contribution in [0.4, 0.5) is 0 Å². The van der Waals surface area contributed by atoms with Crippen LogP contribution < -0.4 is 0 Å². The maximum Gasteiger partial charge on any atom is 0.334 e. The van der Waals surface area contributed by atoms with E-state index in [0.717, 1.165) is 11.8 Å². The van der Waals surface area contributed by atoms with E-state index in [-0.39, 0.29) is 24.4 Å². The fourth-order valence-electron chi connectivity index (χ4n) is 2.18. The molecule has 0 amide bonds. The monoisotopic (exact) mass is 322 g/mol. The molecule has 0 aliphatic rings. The van der Waals surface area contributed by atoms with E-state index in [2.05, 4.69) is 0 Å². The van der Waals surface area contributed by atoms with E-state index in [9.17, 15) is 14.4 Å². The molecule has 0 atom stereocenters. The molecule has 2 aromatic rings. The van der Waals surface area contributed by atoms with Crippen LogP contribution in [0.3, 0.4) is 0 Å². The summed E-state index contributed by atoms with van der Waals surface area (Å²) in [4.78, 5) is 35.2. The molecule has 0 unspecified atom stereocenters. The average Bonchev–Trinajstić information content (AvgIpc) is 2.62. The highest BCUT2D eigenvalue weighted by molar-refractivity contribution is 6.05. The number of rotatable bonds is 7. The minimum absolute atomic E-state index is 0.0434. The minimum atomic E-state index is -0.513. The molecule has 0 aromatic heterocycles. The Kier molecular flexibility index (Phi) is 6.20. The molecule has 0 fully saturated rings. The van der Waals surface area contributed by atoms with Crippen molar-refractivity contribution in [3.8, 4) is 0 Å². The van der Waals surface area contributed by atoms with Crippen molar-refractivity contribution in [1.82, 2.24) is 0 Å². The number of ether oxygens (including phenoxy) is 1. The Morgan fingerprint density at radius 3 is 2.17 bits per heavy atom. The predicted molar refractivity (Wildman–Crippen MR) is 91.8 cm³/mol. The number of carbonyl (C=O) groups is 3. The number of hydrogen-bond donors (Lipinski definition) is 0. The lowest BCUT2D eigenvalue weighted by Crippen LogP contribution is -2.12. The minimum Gasteiger partial charge on any atom is -0.463 e. The Labute approximate surface area is 140 Å². The Morgan fingerprint density at radius 2 is 1.58 bits per heavy atom. The van der Waals surface area contributed by atoms with Crippen molar-refractivity contribution in [3.63, 3.8) is 0 Å². The number of carbonyl (C=O) groups excluding carboxylic acids is 3. The first-order valence-corrected chi connectivity index (χ1v) is 7.65. The van der Waals surface area contributed by atoms with Crippen molar-refractivity contribution in [2.45, 2.75) is 13.3 Å². The standard InChI is InChI=1S/C20H18O4/c1-2-24-20(23)18(12-15-8-10-16(14-21)11-9-15)13-19(22)17-6-4-3-5-7-17/h3-12,14H,2,13H2,1H3/b18-12+. The van der Waals surface area contributed by atoms with Gasteiger partial charge in [0.1, 0.15) is 6.29 Å². The molecular weight excluding hydrogens is 304 g/mol. The second kappa shape index (κ2) is 8.58. The van der Waals surface area contributed by atoms with E-state index in [0.29, 0.717) is 11.1 Å². The molecule has 122 valence electrons. The Morgan fingerprint density at radius 1 is 0.958 bits per heavy atom. The highest BCUT2D eigenvalue weighted by atomic mass is 16.5. The van der Waals surface area contributed by atoms with Gasteiger partial charge in [-0.1, -0.05) is 54.6 Å². The zero-order valence-corrected chi connectivity index (χ0v) is 13.4. The first kappa shape index (κ1) is 17.3. The summed E-state index contributed by atoms with van der Waals surface area (Å²) in [5.41, 5.74) is 2.10. The first-order chi connectivity index (χ1) is 11.6. The van der Waals surface area contributed by atoms with Crippen molar-refractivity contribution in [3.05, 3.63) is 76.9 Å². The van der Waals surface area contributed by atoms with Crippen LogP contribution in [0.5, 0.6) is 0 Å². The largest absolute Gasteiger partial charge is 0.463 e. The molecule has 4 nitrogen and oxygen atoms in total. The Hall–Kier alpha value is -3.01. The van der Waals surface area contributed by atoms with Gasteiger partial charge in [-0.2, -0.15) is 0 Å². The van der Waals surface area contributed by atoms with Crippen molar-refractivity contribution in [2.24, 2.45) is 0 Å². The van der Waals surface area contributed by atoms with Crippen LogP contribution in [0.25, 0.3) is 6.08 Å². The Balaban J connectivity index is 2.26. The fraction of sp³-hybridized carbons (Fsp3) is 0.150. The molecule has 2 aromatic carbocycles. The van der Waals surface area contributed by atoms with Gasteiger partial charge in [-0.25, -0.2) is 4.79 Å². The van der Waals surface area contributed by atoms with Crippen molar-refractivity contribution >= 4 is 24.1 Å². The van der Waals surface area contributed by atoms with E-state index in [4.69, 9.17) is 4.74 Å². The summed E-state index contributed by atoms with van der Waals surface area (Å²) in [5, 5.41) is 0. The molecule has 0 aliphatic carbocycles. The molecule has 0 bridgehead atoms. The van der Waals surface area contributed by atoms with Crippen LogP contribution in [-0.2, 0) is 9.53 Å². The summed E-state index contributed by atoms with van der Waals surface area (Å²) in [5.74, 6) is -0.666. The quantitative estimate of drug-likeness (QED) is 0.337. The van der Waals surface area contributed by atoms with Gasteiger partial charge >= 0.3 is 5.97 Å². The van der Waals surface area contributed by atoms with Crippen LogP contribution in [0.15, 0.2) is 60.2 Å². The van der Waals surface area contributed by atoms with E-state index in [1.54, 1.807) is 61.5 Å². The fourth-order valence-corrected chi connectivity index (χ4v) is 2.18. The third-order valence-corrected chi connectivity index (χ3v) is 3.40. The van der Waals surface area contributed by atoms with Gasteiger partial charge in [0.2, 0.25) is 0 Å². The third kappa shape index (κ3) is 4.74. The smallest absolute Gasteiger partial charge is 0.334 e. The SMILES string of the molecule is CCOC(=O)/C(=C/c1ccc(C=O)cc1)CC(=O)c1ccccc1. The van der Waals surface area contributed by atoms with Crippen LogP contribution >= 0.6 is 0 Å². The van der Waals surface area contributed by atoms with Gasteiger partial charge in [-0.15, -0.1) is 0 Å². The second-order valence-electron chi connectivity index (χ2n) is 5.14. The van der Waals surface area contributed by atoms with E-state index < -0.39 is 5.97 Å². The van der Waals surface area contributed by atoms with Gasteiger partial charge in [0, 0.05) is 23.1 Å². The van der Waals surface area contributed by atoms with Gasteiger partial charge in [0.15, 0.2) is 5.78 Å². The lowest BCUT2D eigenvalue weighted by molar-refractivity contribution is -0.138. The highest BCUT2D eigenvalue weighted by Gasteiger charge is 2.16. The second-order valence-corrected chi connectivity index (χ2v) is 5.14. The molecule has 0 spiro atoms. The molecular formula is C20H18O4. The number of Topliss-reactive ketones (excluding diaryl/α,β-unsaturated/α-hetero) is 1. The lowest BCUT2D eigenvalue weighted by atomic mass is 10.0. The molecule has 24 heavy (non-hydrogen) atoms. The molecule has 0 N–H and O–H groups in total.